The lowest BCUT2D eigenvalue weighted by atomic mass is 9.39. The smallest absolute Gasteiger partial charge is 0.140 e. The maximum absolute atomic E-state index is 11.9. The van der Waals surface area contributed by atoms with Crippen LogP contribution in [0.2, 0.25) is 0 Å². The van der Waals surface area contributed by atoms with E-state index in [9.17, 15) is 4.79 Å². The maximum Gasteiger partial charge on any atom is 0.140 e. The van der Waals surface area contributed by atoms with Gasteiger partial charge < -0.3 is 0 Å². The molecular formula is C11H10O. The summed E-state index contributed by atoms with van der Waals surface area (Å²) >= 11 is 0. The third-order valence-electron chi connectivity index (χ3n) is 6.76. The minimum Gasteiger partial charge on any atom is -0.299 e. The fraction of sp³-hybridized carbons (Fsp3) is 0.909. The maximum atomic E-state index is 11.9. The third-order valence-corrected chi connectivity index (χ3v) is 6.76. The summed E-state index contributed by atoms with van der Waals surface area (Å²) in [6, 6.07) is 0. The van der Waals surface area contributed by atoms with Crippen molar-refractivity contribution in [3.63, 3.8) is 0 Å². The van der Waals surface area contributed by atoms with Crippen LogP contribution in [0, 0.1) is 59.2 Å². The second-order valence-corrected chi connectivity index (χ2v) is 6.07. The van der Waals surface area contributed by atoms with Gasteiger partial charge >= 0.3 is 0 Å². The van der Waals surface area contributed by atoms with Crippen LogP contribution in [0.5, 0.6) is 0 Å². The Hall–Kier alpha value is -0.330. The minimum absolute atomic E-state index is 0.620. The predicted molar refractivity (Wildman–Crippen MR) is 39.9 cm³/mol. The molecule has 4 unspecified atom stereocenters. The summed E-state index contributed by atoms with van der Waals surface area (Å²) < 4.78 is 0. The molecule has 0 aromatic heterocycles. The normalized spacial score (nSPS) is 93.2. The zero-order valence-electron chi connectivity index (χ0n) is 6.68. The molecule has 0 saturated heterocycles. The average Bonchev–Trinajstić information content (AvgIpc) is 2.40. The molecule has 0 heterocycles. The first-order valence-electron chi connectivity index (χ1n) is 5.45. The molecule has 12 heavy (non-hydrogen) atoms. The summed E-state index contributed by atoms with van der Waals surface area (Å²) in [7, 11) is 0. The Bertz CT molecular complexity index is 303. The fourth-order valence-corrected chi connectivity index (χ4v) is 7.08. The lowest BCUT2D eigenvalue weighted by molar-refractivity contribution is -0.183. The highest BCUT2D eigenvalue weighted by Crippen LogP contribution is 2.95. The number of ketones is 1. The average molecular weight is 158 g/mol. The third kappa shape index (κ3) is 0.179. The van der Waals surface area contributed by atoms with E-state index in [1.807, 2.05) is 0 Å². The van der Waals surface area contributed by atoms with Crippen LogP contribution in [0.1, 0.15) is 0 Å². The Balaban J connectivity index is 1.86. The zero-order chi connectivity index (χ0) is 7.35. The number of rotatable bonds is 0. The van der Waals surface area contributed by atoms with Crippen LogP contribution in [0.15, 0.2) is 0 Å². The van der Waals surface area contributed by atoms with E-state index in [1.54, 1.807) is 0 Å². The molecule has 7 fully saturated rings. The summed E-state index contributed by atoms with van der Waals surface area (Å²) in [5.41, 5.74) is 0. The Morgan fingerprint density at radius 1 is 0.583 bits per heavy atom. The molecule has 4 atom stereocenters. The molecule has 2 bridgehead atoms. The molecule has 7 aliphatic rings. The predicted octanol–water partition coefficient (Wildman–Crippen LogP) is 0.799. The van der Waals surface area contributed by atoms with Crippen molar-refractivity contribution in [2.45, 2.75) is 0 Å². The van der Waals surface area contributed by atoms with Gasteiger partial charge in [-0.25, -0.2) is 0 Å². The SMILES string of the molecule is O=C1C2C3C4C1C1C2C2C3C4C12. The summed E-state index contributed by atoms with van der Waals surface area (Å²) in [6.07, 6.45) is 0. The standard InChI is InChI=1S/C11H10O/c12-11-9-5-1-2-4-3(1)7(9)8(4)10(11)6(2)5/h1-10H. The van der Waals surface area contributed by atoms with Crippen molar-refractivity contribution >= 4 is 5.78 Å². The van der Waals surface area contributed by atoms with Crippen LogP contribution in [-0.2, 0) is 4.79 Å². The monoisotopic (exact) mass is 158 g/mol. The molecular weight excluding hydrogens is 148 g/mol. The van der Waals surface area contributed by atoms with Crippen LogP contribution >= 0.6 is 0 Å². The highest BCUT2D eigenvalue weighted by molar-refractivity contribution is 5.93. The molecule has 0 aromatic rings. The zero-order valence-corrected chi connectivity index (χ0v) is 6.68. The first-order valence-corrected chi connectivity index (χ1v) is 5.45. The van der Waals surface area contributed by atoms with Crippen LogP contribution in [0.3, 0.4) is 0 Å². The Morgan fingerprint density at radius 2 is 0.917 bits per heavy atom. The summed E-state index contributed by atoms with van der Waals surface area (Å²) in [6.45, 7) is 0. The number of hydrogen-bond donors (Lipinski definition) is 0. The second kappa shape index (κ2) is 0.935. The van der Waals surface area contributed by atoms with E-state index >= 15 is 0 Å². The van der Waals surface area contributed by atoms with Crippen molar-refractivity contribution in [2.24, 2.45) is 59.2 Å². The quantitative estimate of drug-likeness (QED) is 0.509. The van der Waals surface area contributed by atoms with Gasteiger partial charge in [-0.2, -0.15) is 0 Å². The molecule has 0 N–H and O–H groups in total. The van der Waals surface area contributed by atoms with E-state index in [2.05, 4.69) is 0 Å². The van der Waals surface area contributed by atoms with Crippen LogP contribution in [0.25, 0.3) is 0 Å². The van der Waals surface area contributed by atoms with E-state index in [1.165, 1.54) is 0 Å². The lowest BCUT2D eigenvalue weighted by Crippen LogP contribution is -2.62. The minimum atomic E-state index is 0.620. The van der Waals surface area contributed by atoms with Gasteiger partial charge in [-0.05, 0) is 47.3 Å². The molecule has 0 amide bonds. The van der Waals surface area contributed by atoms with Crippen molar-refractivity contribution < 1.29 is 4.79 Å². The van der Waals surface area contributed by atoms with E-state index in [-0.39, 0.29) is 0 Å². The number of carbonyl (C=O) groups excluding carboxylic acids is 1. The van der Waals surface area contributed by atoms with Gasteiger partial charge in [0.15, 0.2) is 0 Å². The van der Waals surface area contributed by atoms with Crippen LogP contribution < -0.4 is 0 Å². The van der Waals surface area contributed by atoms with E-state index in [0.717, 1.165) is 53.1 Å². The van der Waals surface area contributed by atoms with Gasteiger partial charge in [0.2, 0.25) is 0 Å². The van der Waals surface area contributed by atoms with Gasteiger partial charge in [0, 0.05) is 11.8 Å². The van der Waals surface area contributed by atoms with Gasteiger partial charge in [-0.3, -0.25) is 4.79 Å². The molecule has 0 aromatic carbocycles. The molecule has 1 heteroatoms. The highest BCUT2D eigenvalue weighted by atomic mass is 16.1. The van der Waals surface area contributed by atoms with Gasteiger partial charge in [-0.15, -0.1) is 0 Å². The second-order valence-electron chi connectivity index (χ2n) is 6.07. The van der Waals surface area contributed by atoms with Crippen molar-refractivity contribution in [3.05, 3.63) is 0 Å². The molecule has 7 saturated carbocycles. The van der Waals surface area contributed by atoms with Gasteiger partial charge in [-0.1, -0.05) is 0 Å². The topological polar surface area (TPSA) is 17.1 Å². The van der Waals surface area contributed by atoms with E-state index in [0.29, 0.717) is 11.8 Å². The molecule has 7 aliphatic carbocycles. The number of hydrogen-bond acceptors (Lipinski definition) is 1. The van der Waals surface area contributed by atoms with Crippen LogP contribution in [-0.4, -0.2) is 5.78 Å². The Kier molecular flexibility index (Phi) is 0.372. The number of carbonyl (C=O) groups is 1. The van der Waals surface area contributed by atoms with Crippen molar-refractivity contribution in [2.75, 3.05) is 0 Å². The van der Waals surface area contributed by atoms with E-state index in [4.69, 9.17) is 0 Å². The lowest BCUT2D eigenvalue weighted by Gasteiger charge is -2.65. The summed E-state index contributed by atoms with van der Waals surface area (Å²) in [4.78, 5) is 11.9. The van der Waals surface area contributed by atoms with Gasteiger partial charge in [0.1, 0.15) is 5.78 Å². The van der Waals surface area contributed by atoms with Gasteiger partial charge in [0.25, 0.3) is 0 Å². The Labute approximate surface area is 70.5 Å². The Morgan fingerprint density at radius 3 is 1.25 bits per heavy atom. The van der Waals surface area contributed by atoms with Crippen molar-refractivity contribution in [3.8, 4) is 0 Å². The molecule has 0 spiro atoms. The molecule has 1 nitrogen and oxygen atoms in total. The largest absolute Gasteiger partial charge is 0.299 e. The molecule has 0 aliphatic heterocycles. The molecule has 0 radical (unpaired) electrons. The van der Waals surface area contributed by atoms with E-state index < -0.39 is 0 Å². The molecule has 60 valence electrons. The van der Waals surface area contributed by atoms with Gasteiger partial charge in [0.05, 0.1) is 0 Å². The fourth-order valence-electron chi connectivity index (χ4n) is 7.08. The summed E-state index contributed by atoms with van der Waals surface area (Å²) in [5.74, 6) is 10.1. The molecule has 7 rings (SSSR count). The van der Waals surface area contributed by atoms with Crippen molar-refractivity contribution in [1.82, 2.24) is 0 Å². The first-order chi connectivity index (χ1) is 5.91. The first kappa shape index (κ1) is 4.78. The van der Waals surface area contributed by atoms with Crippen molar-refractivity contribution in [1.29, 1.82) is 0 Å². The highest BCUT2D eigenvalue weighted by Gasteiger charge is 2.94. The summed E-state index contributed by atoms with van der Waals surface area (Å²) in [5, 5.41) is 0. The number of Topliss-reactive ketones (excluding diaryl/α,β-unsaturated/α-hetero) is 1. The van der Waals surface area contributed by atoms with Crippen LogP contribution in [0.4, 0.5) is 0 Å².